The molecule has 1 aromatic rings. The molecular formula is C21H30N2O3Pd. The molecule has 6 heteroatoms. The van der Waals surface area contributed by atoms with Crippen LogP contribution in [0.4, 0.5) is 0 Å². The van der Waals surface area contributed by atoms with Gasteiger partial charge in [0.2, 0.25) is 0 Å². The second kappa shape index (κ2) is 9.73. The molecule has 0 bridgehead atoms. The number of hydrogen-bond donors (Lipinski definition) is 2. The van der Waals surface area contributed by atoms with Crippen molar-refractivity contribution >= 4 is 16.1 Å². The van der Waals surface area contributed by atoms with E-state index in [0.717, 1.165) is 28.8 Å². The summed E-state index contributed by atoms with van der Waals surface area (Å²) >= 11 is 3.28. The van der Waals surface area contributed by atoms with Crippen LogP contribution in [0.25, 0.3) is 5.32 Å². The summed E-state index contributed by atoms with van der Waals surface area (Å²) in [6.07, 6.45) is 4.86. The Morgan fingerprint density at radius 2 is 2.00 bits per heavy atom. The normalized spacial score (nSPS) is 22.4. The van der Waals surface area contributed by atoms with E-state index in [0.29, 0.717) is 6.42 Å². The predicted octanol–water partition coefficient (Wildman–Crippen LogP) is 2.90. The molecule has 3 unspecified atom stereocenters. The molecule has 0 spiro atoms. The van der Waals surface area contributed by atoms with Gasteiger partial charge in [-0.2, -0.15) is 0 Å². The van der Waals surface area contributed by atoms with Gasteiger partial charge in [0.1, 0.15) is 0 Å². The van der Waals surface area contributed by atoms with E-state index >= 15 is 0 Å². The number of hydroxylamine groups is 1. The fourth-order valence-electron chi connectivity index (χ4n) is 3.13. The molecule has 2 rings (SSSR count). The van der Waals surface area contributed by atoms with Crippen LogP contribution in [0.5, 0.6) is 0 Å². The monoisotopic (exact) mass is 464 g/mol. The summed E-state index contributed by atoms with van der Waals surface area (Å²) in [7, 11) is 0. The molecule has 0 heterocycles. The van der Waals surface area contributed by atoms with Crippen LogP contribution in [0.15, 0.2) is 30.3 Å². The third kappa shape index (κ3) is 6.34. The molecule has 2 N–H and O–H groups in total. The molecule has 1 fully saturated rings. The van der Waals surface area contributed by atoms with Crippen molar-refractivity contribution in [3.05, 3.63) is 41.2 Å². The van der Waals surface area contributed by atoms with Gasteiger partial charge in [-0.1, -0.05) is 0 Å². The van der Waals surface area contributed by atoms with Gasteiger partial charge in [-0.15, -0.1) is 0 Å². The summed E-state index contributed by atoms with van der Waals surface area (Å²) < 4.78 is 2.12. The van der Waals surface area contributed by atoms with Crippen LogP contribution in [0, 0.1) is 11.8 Å². The van der Waals surface area contributed by atoms with Crippen molar-refractivity contribution in [1.29, 1.82) is 0 Å². The van der Waals surface area contributed by atoms with Gasteiger partial charge >= 0.3 is 172 Å². The van der Waals surface area contributed by atoms with Gasteiger partial charge in [-0.3, -0.25) is 0 Å². The molecule has 1 aromatic carbocycles. The fourth-order valence-corrected chi connectivity index (χ4v) is 3.89. The maximum atomic E-state index is 12.8. The molecule has 0 radical (unpaired) electrons. The zero-order valence-electron chi connectivity index (χ0n) is 16.2. The quantitative estimate of drug-likeness (QED) is 0.223. The van der Waals surface area contributed by atoms with Crippen LogP contribution in [-0.4, -0.2) is 49.3 Å². The first kappa shape index (κ1) is 21.9. The van der Waals surface area contributed by atoms with Gasteiger partial charge in [0.25, 0.3) is 0 Å². The molecular weight excluding hydrogens is 435 g/mol. The molecule has 152 valence electrons. The summed E-state index contributed by atoms with van der Waals surface area (Å²) in [4.78, 5) is 12.8. The minimum absolute atomic E-state index is 0.00294. The Hall–Kier alpha value is -1.35. The topological polar surface area (TPSA) is 74.6 Å². The summed E-state index contributed by atoms with van der Waals surface area (Å²) in [6, 6.07) is 9.33. The van der Waals surface area contributed by atoms with Crippen LogP contribution in [0.2, 0.25) is 0 Å². The van der Waals surface area contributed by atoms with Gasteiger partial charge < -0.3 is 0 Å². The second-order valence-electron chi connectivity index (χ2n) is 8.10. The zero-order chi connectivity index (χ0) is 20.0. The van der Waals surface area contributed by atoms with Gasteiger partial charge in [-0.05, 0) is 0 Å². The first-order valence-electron chi connectivity index (χ1n) is 9.44. The number of rotatable bonds is 6. The Bertz CT molecular complexity index is 682. The van der Waals surface area contributed by atoms with Crippen molar-refractivity contribution in [3.63, 3.8) is 0 Å². The van der Waals surface area contributed by atoms with E-state index in [-0.39, 0.29) is 24.3 Å². The third-order valence-corrected chi connectivity index (χ3v) is 5.91. The molecule has 0 aromatic heterocycles. The number of hydrogen-bond acceptors (Lipinski definition) is 3. The first-order valence-corrected chi connectivity index (χ1v) is 10.2. The molecule has 1 aliphatic rings. The first-order chi connectivity index (χ1) is 12.7. The number of carbonyl (C=O) groups is 1. The number of nitrogens with zero attached hydrogens (tertiary/aromatic N) is 2. The van der Waals surface area contributed by atoms with Crippen molar-refractivity contribution in [2.75, 3.05) is 6.61 Å². The Labute approximate surface area is 172 Å². The minimum atomic E-state index is -0.432. The second-order valence-corrected chi connectivity index (χ2v) is 8.99. The van der Waals surface area contributed by atoms with Gasteiger partial charge in [0.05, 0.1) is 0 Å². The number of benzene rings is 1. The number of carbonyl (C=O) groups excluding carboxylic acids is 1. The molecule has 3 atom stereocenters. The zero-order valence-corrected chi connectivity index (χ0v) is 17.8. The molecule has 0 saturated heterocycles. The fraction of sp³-hybridized carbons (Fsp3) is 0.571. The van der Waals surface area contributed by atoms with E-state index in [1.165, 1.54) is 4.74 Å². The van der Waals surface area contributed by atoms with Crippen LogP contribution in [-0.2, 0) is 30.0 Å². The van der Waals surface area contributed by atoms with E-state index in [1.807, 2.05) is 51.1 Å². The predicted molar refractivity (Wildman–Crippen MR) is 103 cm³/mol. The van der Waals surface area contributed by atoms with Crippen molar-refractivity contribution in [2.24, 2.45) is 11.8 Å². The van der Waals surface area contributed by atoms with Gasteiger partial charge in [0, 0.05) is 0 Å². The number of aliphatic hydroxyl groups is 1. The molecule has 27 heavy (non-hydrogen) atoms. The summed E-state index contributed by atoms with van der Waals surface area (Å²) in [5, 5.41) is 24.2. The average Bonchev–Trinajstić information content (AvgIpc) is 2.62. The number of aliphatic hydroxyl groups excluding tert-OH is 1. The maximum absolute atomic E-state index is 12.8. The van der Waals surface area contributed by atoms with Gasteiger partial charge in [-0.25, -0.2) is 0 Å². The van der Waals surface area contributed by atoms with Crippen LogP contribution < -0.4 is 0 Å². The Balaban J connectivity index is 2.03. The van der Waals surface area contributed by atoms with Crippen LogP contribution in [0.1, 0.15) is 45.6 Å². The Kier molecular flexibility index (Phi) is 7.91. The molecule has 1 amide bonds. The van der Waals surface area contributed by atoms with Crippen molar-refractivity contribution in [1.82, 2.24) is 0 Å². The summed E-state index contributed by atoms with van der Waals surface area (Å²) in [5.74, 6) is -0.497. The van der Waals surface area contributed by atoms with Crippen molar-refractivity contribution < 1.29 is 38.6 Å². The van der Waals surface area contributed by atoms with E-state index < -0.39 is 11.6 Å². The van der Waals surface area contributed by atoms with Gasteiger partial charge in [0.15, 0.2) is 0 Å². The van der Waals surface area contributed by atoms with Crippen molar-refractivity contribution in [2.45, 2.75) is 58.0 Å². The Morgan fingerprint density at radius 1 is 1.33 bits per heavy atom. The van der Waals surface area contributed by atoms with E-state index in [2.05, 4.69) is 24.1 Å². The summed E-state index contributed by atoms with van der Waals surface area (Å²) in [6.45, 7) is 5.63. The Morgan fingerprint density at radius 3 is 2.59 bits per heavy atom. The number of amides is 1. The van der Waals surface area contributed by atoms with E-state index in [1.54, 1.807) is 6.21 Å². The SMILES string of the molecule is CC(C)(C)/[N+](O)=C/C1CCCC(C(=O)[N-]C(CO)Cc2ccccc2)[C]1=[Pd]. The van der Waals surface area contributed by atoms with E-state index in [4.69, 9.17) is 0 Å². The third-order valence-electron chi connectivity index (χ3n) is 4.79. The molecule has 5 nitrogen and oxygen atoms in total. The summed E-state index contributed by atoms with van der Waals surface area (Å²) in [5.41, 5.74) is 0.658. The van der Waals surface area contributed by atoms with E-state index in [9.17, 15) is 15.1 Å². The molecule has 1 aliphatic carbocycles. The average molecular weight is 465 g/mol. The van der Waals surface area contributed by atoms with Crippen LogP contribution >= 0.6 is 0 Å². The van der Waals surface area contributed by atoms with Crippen molar-refractivity contribution in [3.8, 4) is 0 Å². The molecule has 1 saturated carbocycles. The van der Waals surface area contributed by atoms with Crippen LogP contribution in [0.3, 0.4) is 0 Å². The standard InChI is InChI=1S/C21H30N2O3.Pd/c1-21(2,3)23(26)14-17-10-7-11-18(12-17)20(25)22-19(15-24)13-16-8-5-4-6-9-16;/h4-6,8-9,14,17-19,24H,7,10-11,13,15H2,1-3H3,(H-,22,25,26);/b23-14-;. The molecule has 0 aliphatic heterocycles.